The number of hydrogen-bond donors (Lipinski definition) is 5. The topological polar surface area (TPSA) is 164 Å². The van der Waals surface area contributed by atoms with Crippen molar-refractivity contribution in [1.29, 1.82) is 0 Å². The number of hydrogen-bond acceptors (Lipinski definition) is 10. The first kappa shape index (κ1) is 23.1. The van der Waals surface area contributed by atoms with Gasteiger partial charge in [-0.1, -0.05) is 18.2 Å². The number of methoxy groups -OCH3 is 1. The second-order valence-corrected chi connectivity index (χ2v) is 7.61. The zero-order valence-electron chi connectivity index (χ0n) is 17.5. The first-order valence-corrected chi connectivity index (χ1v) is 10.2. The molecule has 2 heterocycles. The maximum atomic E-state index is 11.4. The molecular formula is C22H24O11. The highest BCUT2D eigenvalue weighted by Gasteiger charge is 2.45. The lowest BCUT2D eigenvalue weighted by molar-refractivity contribution is -0.277. The lowest BCUT2D eigenvalue weighted by Gasteiger charge is -2.39. The third-order valence-electron chi connectivity index (χ3n) is 5.43. The maximum Gasteiger partial charge on any atom is 0.307 e. The van der Waals surface area contributed by atoms with Crippen molar-refractivity contribution in [3.63, 3.8) is 0 Å². The Hall–Kier alpha value is -3.09. The summed E-state index contributed by atoms with van der Waals surface area (Å²) in [5.74, 6) is -0.272. The first-order valence-electron chi connectivity index (χ1n) is 10.2. The first-order chi connectivity index (χ1) is 15.8. The van der Waals surface area contributed by atoms with E-state index in [0.717, 1.165) is 0 Å². The normalized spacial score (nSPS) is 28.4. The molecule has 0 unspecified atom stereocenters. The van der Waals surface area contributed by atoms with Crippen LogP contribution in [0.25, 0.3) is 0 Å². The van der Waals surface area contributed by atoms with Gasteiger partial charge in [-0.2, -0.15) is 0 Å². The third-order valence-corrected chi connectivity index (χ3v) is 5.43. The SMILES string of the molecule is COc1cc(O[C@@H]2O[C@H](CO)[C@@H](O)[C@H](O)[C@H]2O)c2c(c1)O[C@H](CC(=O)O)c1ccccc1O2. The van der Waals surface area contributed by atoms with Gasteiger partial charge in [0.15, 0.2) is 11.5 Å². The van der Waals surface area contributed by atoms with Crippen molar-refractivity contribution in [2.45, 2.75) is 43.2 Å². The average molecular weight is 464 g/mol. The van der Waals surface area contributed by atoms with Crippen LogP contribution in [0.2, 0.25) is 0 Å². The van der Waals surface area contributed by atoms with E-state index in [4.69, 9.17) is 23.7 Å². The molecule has 0 radical (unpaired) electrons. The molecule has 2 aromatic rings. The number of ether oxygens (including phenoxy) is 5. The van der Waals surface area contributed by atoms with Crippen LogP contribution in [0.5, 0.6) is 28.7 Å². The number of aliphatic carboxylic acids is 1. The Kier molecular flexibility index (Phi) is 6.58. The molecule has 0 aliphatic carbocycles. The molecule has 2 aromatic carbocycles. The minimum Gasteiger partial charge on any atom is -0.496 e. The Bertz CT molecular complexity index is 1010. The Morgan fingerprint density at radius 2 is 1.82 bits per heavy atom. The molecule has 4 rings (SSSR count). The van der Waals surface area contributed by atoms with Gasteiger partial charge in [0.05, 0.1) is 20.1 Å². The molecule has 5 N–H and O–H groups in total. The molecule has 1 saturated heterocycles. The summed E-state index contributed by atoms with van der Waals surface area (Å²) in [5.41, 5.74) is 0.508. The van der Waals surface area contributed by atoms with E-state index in [1.54, 1.807) is 24.3 Å². The number of aliphatic hydroxyl groups excluding tert-OH is 4. The molecule has 2 aliphatic rings. The van der Waals surface area contributed by atoms with Crippen LogP contribution < -0.4 is 18.9 Å². The van der Waals surface area contributed by atoms with Gasteiger partial charge >= 0.3 is 5.97 Å². The highest BCUT2D eigenvalue weighted by atomic mass is 16.7. The minimum absolute atomic E-state index is 0.000502. The third kappa shape index (κ3) is 4.54. The Morgan fingerprint density at radius 1 is 1.06 bits per heavy atom. The van der Waals surface area contributed by atoms with Gasteiger partial charge in [0.1, 0.15) is 42.0 Å². The van der Waals surface area contributed by atoms with Crippen molar-refractivity contribution in [1.82, 2.24) is 0 Å². The second kappa shape index (κ2) is 9.41. The van der Waals surface area contributed by atoms with Gasteiger partial charge in [-0.25, -0.2) is 0 Å². The second-order valence-electron chi connectivity index (χ2n) is 7.61. The molecule has 0 aromatic heterocycles. The van der Waals surface area contributed by atoms with Crippen LogP contribution in [0.4, 0.5) is 0 Å². The smallest absolute Gasteiger partial charge is 0.307 e. The van der Waals surface area contributed by atoms with Gasteiger partial charge in [0, 0.05) is 17.7 Å². The lowest BCUT2D eigenvalue weighted by Crippen LogP contribution is -2.60. The van der Waals surface area contributed by atoms with Crippen molar-refractivity contribution >= 4 is 5.97 Å². The molecule has 6 atom stereocenters. The van der Waals surface area contributed by atoms with Crippen LogP contribution in [0.3, 0.4) is 0 Å². The predicted octanol–water partition coefficient (Wildman–Crippen LogP) is 0.574. The number of para-hydroxylation sites is 1. The number of carboxylic acids is 1. The van der Waals surface area contributed by atoms with Gasteiger partial charge in [0.2, 0.25) is 12.0 Å². The van der Waals surface area contributed by atoms with Gasteiger partial charge in [0.25, 0.3) is 0 Å². The molecule has 0 amide bonds. The van der Waals surface area contributed by atoms with E-state index in [2.05, 4.69) is 0 Å². The van der Waals surface area contributed by atoms with Crippen molar-refractivity contribution < 1.29 is 54.0 Å². The monoisotopic (exact) mass is 464 g/mol. The van der Waals surface area contributed by atoms with Gasteiger partial charge in [-0.3, -0.25) is 4.79 Å². The number of carboxylic acid groups (broad SMARTS) is 1. The average Bonchev–Trinajstić information content (AvgIpc) is 2.95. The van der Waals surface area contributed by atoms with E-state index >= 15 is 0 Å². The Labute approximate surface area is 188 Å². The summed E-state index contributed by atoms with van der Waals surface area (Å²) >= 11 is 0. The Morgan fingerprint density at radius 3 is 2.52 bits per heavy atom. The highest BCUT2D eigenvalue weighted by molar-refractivity contribution is 5.69. The van der Waals surface area contributed by atoms with Gasteiger partial charge in [-0.15, -0.1) is 0 Å². The molecule has 0 saturated carbocycles. The molecule has 11 heteroatoms. The quantitative estimate of drug-likeness (QED) is 0.406. The fraction of sp³-hybridized carbons (Fsp3) is 0.409. The van der Waals surface area contributed by atoms with Crippen molar-refractivity contribution in [3.8, 4) is 28.7 Å². The molecule has 1 fully saturated rings. The van der Waals surface area contributed by atoms with E-state index < -0.39 is 49.4 Å². The van der Waals surface area contributed by atoms with Crippen LogP contribution >= 0.6 is 0 Å². The van der Waals surface area contributed by atoms with E-state index in [9.17, 15) is 30.3 Å². The maximum absolute atomic E-state index is 11.4. The van der Waals surface area contributed by atoms with E-state index in [1.807, 2.05) is 0 Å². The number of aliphatic hydroxyl groups is 4. The van der Waals surface area contributed by atoms with Crippen LogP contribution in [-0.4, -0.2) is 75.9 Å². The van der Waals surface area contributed by atoms with Crippen LogP contribution in [0.1, 0.15) is 18.1 Å². The van der Waals surface area contributed by atoms with Crippen LogP contribution in [0, 0.1) is 0 Å². The van der Waals surface area contributed by atoms with Crippen molar-refractivity contribution in [2.75, 3.05) is 13.7 Å². The molecule has 33 heavy (non-hydrogen) atoms. The number of rotatable bonds is 6. The minimum atomic E-state index is -1.65. The molecule has 0 bridgehead atoms. The fourth-order valence-corrected chi connectivity index (χ4v) is 3.71. The summed E-state index contributed by atoms with van der Waals surface area (Å²) in [4.78, 5) is 11.4. The summed E-state index contributed by atoms with van der Waals surface area (Å²) in [7, 11) is 1.40. The van der Waals surface area contributed by atoms with Crippen LogP contribution in [0.15, 0.2) is 36.4 Å². The Balaban J connectivity index is 1.74. The zero-order chi connectivity index (χ0) is 23.7. The summed E-state index contributed by atoms with van der Waals surface area (Å²) in [6.45, 7) is -0.620. The standard InChI is InChI=1S/C22H24O11/c1-29-10-6-14-21(31-12-5-3-2-4-11(12)13(30-14)8-17(24)25)15(7-10)32-22-20(28)19(27)18(26)16(9-23)33-22/h2-7,13,16,18-20,22-23,26-28H,8-9H2,1H3,(H,24,25)/t13-,16-,18-,19+,20-,22-/m1/s1. The number of benzene rings is 2. The summed E-state index contributed by atoms with van der Waals surface area (Å²) in [5, 5.41) is 49.2. The number of fused-ring (bicyclic) bond motifs is 2. The molecular weight excluding hydrogens is 440 g/mol. The predicted molar refractivity (Wildman–Crippen MR) is 110 cm³/mol. The number of carbonyl (C=O) groups is 1. The molecule has 178 valence electrons. The zero-order valence-corrected chi connectivity index (χ0v) is 17.5. The van der Waals surface area contributed by atoms with Crippen molar-refractivity contribution in [3.05, 3.63) is 42.0 Å². The van der Waals surface area contributed by atoms with Gasteiger partial charge in [-0.05, 0) is 6.07 Å². The molecule has 2 aliphatic heterocycles. The lowest BCUT2D eigenvalue weighted by atomic mass is 9.99. The fourth-order valence-electron chi connectivity index (χ4n) is 3.71. The van der Waals surface area contributed by atoms with Gasteiger partial charge < -0.3 is 49.2 Å². The van der Waals surface area contributed by atoms with E-state index in [1.165, 1.54) is 19.2 Å². The van der Waals surface area contributed by atoms with Crippen molar-refractivity contribution in [2.24, 2.45) is 0 Å². The van der Waals surface area contributed by atoms with Crippen LogP contribution in [-0.2, 0) is 9.53 Å². The largest absolute Gasteiger partial charge is 0.496 e. The summed E-state index contributed by atoms with van der Waals surface area (Å²) < 4.78 is 28.5. The summed E-state index contributed by atoms with van der Waals surface area (Å²) in [6.07, 6.45) is -8.68. The highest BCUT2D eigenvalue weighted by Crippen LogP contribution is 2.50. The summed E-state index contributed by atoms with van der Waals surface area (Å²) in [6, 6.07) is 9.69. The molecule has 0 spiro atoms. The molecule has 11 nitrogen and oxygen atoms in total. The van der Waals surface area contributed by atoms with E-state index in [0.29, 0.717) is 11.3 Å². The van der Waals surface area contributed by atoms with E-state index in [-0.39, 0.29) is 29.4 Å².